The van der Waals surface area contributed by atoms with Gasteiger partial charge in [0, 0.05) is 37.6 Å². The van der Waals surface area contributed by atoms with Crippen LogP contribution in [-0.4, -0.2) is 50.6 Å². The number of rotatable bonds is 6. The Labute approximate surface area is 168 Å². The first-order valence-electron chi connectivity index (χ1n) is 9.99. The zero-order chi connectivity index (χ0) is 20.1. The molecule has 1 aliphatic heterocycles. The Balaban J connectivity index is 1.56. The summed E-state index contributed by atoms with van der Waals surface area (Å²) in [6, 6.07) is 14.1. The second-order valence-electron chi connectivity index (χ2n) is 7.85. The minimum atomic E-state index is -0.148. The van der Waals surface area contributed by atoms with E-state index < -0.39 is 0 Å². The van der Waals surface area contributed by atoms with E-state index in [0.717, 1.165) is 43.2 Å². The van der Waals surface area contributed by atoms with Crippen LogP contribution in [0, 0.1) is 6.92 Å². The predicted octanol–water partition coefficient (Wildman–Crippen LogP) is 3.89. The maximum Gasteiger partial charge on any atom is 0.262 e. The van der Waals surface area contributed by atoms with Crippen LogP contribution >= 0.6 is 0 Å². The van der Waals surface area contributed by atoms with Gasteiger partial charge in [-0.3, -0.25) is 4.79 Å². The number of benzene rings is 2. The van der Waals surface area contributed by atoms with Gasteiger partial charge in [0.05, 0.1) is 0 Å². The Hall–Kier alpha value is -2.53. The largest absolute Gasteiger partial charge is 0.484 e. The topological polar surface area (TPSA) is 44.8 Å². The van der Waals surface area contributed by atoms with Gasteiger partial charge in [-0.25, -0.2) is 0 Å². The number of nitrogens with one attached hydrogen (secondary N) is 1. The molecule has 5 heteroatoms. The normalized spacial score (nSPS) is 15.0. The van der Waals surface area contributed by atoms with Gasteiger partial charge in [-0.1, -0.05) is 26.0 Å². The third-order valence-corrected chi connectivity index (χ3v) is 5.25. The van der Waals surface area contributed by atoms with E-state index in [1.165, 1.54) is 11.3 Å². The summed E-state index contributed by atoms with van der Waals surface area (Å²) in [4.78, 5) is 17.1. The number of anilines is 2. The molecule has 150 valence electrons. The summed E-state index contributed by atoms with van der Waals surface area (Å²) >= 11 is 0. The van der Waals surface area contributed by atoms with Crippen LogP contribution in [0.15, 0.2) is 42.5 Å². The summed E-state index contributed by atoms with van der Waals surface area (Å²) < 4.78 is 5.67. The number of hydrogen-bond acceptors (Lipinski definition) is 4. The molecule has 0 bridgehead atoms. The molecule has 3 rings (SSSR count). The molecular formula is C23H31N3O2. The molecule has 5 nitrogen and oxygen atoms in total. The highest BCUT2D eigenvalue weighted by molar-refractivity contribution is 5.92. The van der Waals surface area contributed by atoms with Crippen molar-refractivity contribution in [3.05, 3.63) is 53.6 Å². The Morgan fingerprint density at radius 2 is 1.86 bits per heavy atom. The first kappa shape index (κ1) is 20.2. The summed E-state index contributed by atoms with van der Waals surface area (Å²) in [7, 11) is 2.16. The van der Waals surface area contributed by atoms with Gasteiger partial charge in [-0.05, 0) is 61.3 Å². The smallest absolute Gasteiger partial charge is 0.262 e. The van der Waals surface area contributed by atoms with Crippen molar-refractivity contribution in [1.82, 2.24) is 4.90 Å². The Morgan fingerprint density at radius 1 is 1.11 bits per heavy atom. The summed E-state index contributed by atoms with van der Waals surface area (Å²) in [5.41, 5.74) is 4.31. The van der Waals surface area contributed by atoms with Crippen LogP contribution in [0.25, 0.3) is 0 Å². The van der Waals surface area contributed by atoms with E-state index in [4.69, 9.17) is 4.74 Å². The number of amides is 1. The molecule has 0 saturated carbocycles. The molecule has 2 aromatic carbocycles. The van der Waals surface area contributed by atoms with Gasteiger partial charge in [-0.2, -0.15) is 0 Å². The lowest BCUT2D eigenvalue weighted by molar-refractivity contribution is -0.118. The quantitative estimate of drug-likeness (QED) is 0.825. The van der Waals surface area contributed by atoms with Crippen LogP contribution in [-0.2, 0) is 4.79 Å². The van der Waals surface area contributed by atoms with E-state index in [-0.39, 0.29) is 12.5 Å². The van der Waals surface area contributed by atoms with E-state index in [0.29, 0.717) is 5.92 Å². The summed E-state index contributed by atoms with van der Waals surface area (Å²) in [6.45, 7) is 10.5. The van der Waals surface area contributed by atoms with E-state index in [9.17, 15) is 4.79 Å². The summed E-state index contributed by atoms with van der Waals surface area (Å²) in [6.07, 6.45) is 0. The SMILES string of the molecule is Cc1cc(N2CCN(C)CC2)ccc1NC(=O)COc1cccc(C(C)C)c1. The van der Waals surface area contributed by atoms with Crippen molar-refractivity contribution >= 4 is 17.3 Å². The number of hydrogen-bond donors (Lipinski definition) is 1. The number of aryl methyl sites for hydroxylation is 1. The Bertz CT molecular complexity index is 811. The Morgan fingerprint density at radius 3 is 2.54 bits per heavy atom. The van der Waals surface area contributed by atoms with Crippen LogP contribution in [0.4, 0.5) is 11.4 Å². The number of nitrogens with zero attached hydrogens (tertiary/aromatic N) is 2. The average Bonchev–Trinajstić information content (AvgIpc) is 2.69. The standard InChI is InChI=1S/C23H31N3O2/c1-17(2)19-6-5-7-21(15-19)28-16-23(27)24-22-9-8-20(14-18(22)3)26-12-10-25(4)11-13-26/h5-9,14-15,17H,10-13,16H2,1-4H3,(H,24,27). The predicted molar refractivity (Wildman–Crippen MR) is 116 cm³/mol. The van der Waals surface area contributed by atoms with Crippen molar-refractivity contribution in [3.8, 4) is 5.75 Å². The van der Waals surface area contributed by atoms with Gasteiger partial charge in [0.2, 0.25) is 0 Å². The molecule has 1 amide bonds. The molecule has 1 fully saturated rings. The highest BCUT2D eigenvalue weighted by atomic mass is 16.5. The second kappa shape index (κ2) is 9.11. The molecule has 28 heavy (non-hydrogen) atoms. The number of carbonyl (C=O) groups excluding carboxylic acids is 1. The maximum absolute atomic E-state index is 12.3. The lowest BCUT2D eigenvalue weighted by Gasteiger charge is -2.34. The first-order chi connectivity index (χ1) is 13.4. The van der Waals surface area contributed by atoms with Crippen molar-refractivity contribution in [2.45, 2.75) is 26.7 Å². The fraction of sp³-hybridized carbons (Fsp3) is 0.435. The molecule has 1 saturated heterocycles. The van der Waals surface area contributed by atoms with E-state index in [1.54, 1.807) is 0 Å². The molecule has 1 N–H and O–H groups in total. The van der Waals surface area contributed by atoms with Crippen molar-refractivity contribution in [2.24, 2.45) is 0 Å². The molecule has 2 aromatic rings. The van der Waals surface area contributed by atoms with Crippen LogP contribution in [0.3, 0.4) is 0 Å². The molecule has 1 heterocycles. The Kier molecular flexibility index (Phi) is 6.57. The van der Waals surface area contributed by atoms with Crippen LogP contribution < -0.4 is 15.0 Å². The minimum Gasteiger partial charge on any atom is -0.484 e. The van der Waals surface area contributed by atoms with E-state index >= 15 is 0 Å². The lowest BCUT2D eigenvalue weighted by Crippen LogP contribution is -2.44. The zero-order valence-electron chi connectivity index (χ0n) is 17.4. The fourth-order valence-electron chi connectivity index (χ4n) is 3.35. The average molecular weight is 382 g/mol. The number of ether oxygens (including phenoxy) is 1. The molecule has 0 unspecified atom stereocenters. The van der Waals surface area contributed by atoms with Crippen LogP contribution in [0.1, 0.15) is 30.9 Å². The first-order valence-corrected chi connectivity index (χ1v) is 9.99. The van der Waals surface area contributed by atoms with Crippen molar-refractivity contribution in [2.75, 3.05) is 50.1 Å². The fourth-order valence-corrected chi connectivity index (χ4v) is 3.35. The highest BCUT2D eigenvalue weighted by Crippen LogP contribution is 2.24. The molecule has 0 aromatic heterocycles. The van der Waals surface area contributed by atoms with Crippen molar-refractivity contribution < 1.29 is 9.53 Å². The van der Waals surface area contributed by atoms with Gasteiger partial charge in [-0.15, -0.1) is 0 Å². The van der Waals surface area contributed by atoms with Gasteiger partial charge in [0.15, 0.2) is 6.61 Å². The van der Waals surface area contributed by atoms with Crippen LogP contribution in [0.5, 0.6) is 5.75 Å². The zero-order valence-corrected chi connectivity index (χ0v) is 17.4. The number of piperazine rings is 1. The third kappa shape index (κ3) is 5.26. The summed E-state index contributed by atoms with van der Waals surface area (Å²) in [5, 5.41) is 2.96. The second-order valence-corrected chi connectivity index (χ2v) is 7.85. The van der Waals surface area contributed by atoms with Crippen molar-refractivity contribution in [1.29, 1.82) is 0 Å². The molecular weight excluding hydrogens is 350 g/mol. The highest BCUT2D eigenvalue weighted by Gasteiger charge is 2.15. The molecule has 0 spiro atoms. The van der Waals surface area contributed by atoms with Gasteiger partial charge in [0.25, 0.3) is 5.91 Å². The van der Waals surface area contributed by atoms with Gasteiger partial charge < -0.3 is 19.9 Å². The van der Waals surface area contributed by atoms with Gasteiger partial charge in [0.1, 0.15) is 5.75 Å². The van der Waals surface area contributed by atoms with E-state index in [2.05, 4.69) is 54.2 Å². The molecule has 0 aliphatic carbocycles. The lowest BCUT2D eigenvalue weighted by atomic mass is 10.0. The monoisotopic (exact) mass is 381 g/mol. The number of carbonyl (C=O) groups is 1. The van der Waals surface area contributed by atoms with E-state index in [1.807, 2.05) is 31.2 Å². The maximum atomic E-state index is 12.3. The molecule has 0 atom stereocenters. The minimum absolute atomic E-state index is 0.00119. The molecule has 0 radical (unpaired) electrons. The van der Waals surface area contributed by atoms with Gasteiger partial charge >= 0.3 is 0 Å². The summed E-state index contributed by atoms with van der Waals surface area (Å²) in [5.74, 6) is 1.01. The van der Waals surface area contributed by atoms with Crippen LogP contribution in [0.2, 0.25) is 0 Å². The third-order valence-electron chi connectivity index (χ3n) is 5.25. The number of likely N-dealkylation sites (N-methyl/N-ethyl adjacent to an activating group) is 1. The molecule has 1 aliphatic rings. The van der Waals surface area contributed by atoms with Crippen molar-refractivity contribution in [3.63, 3.8) is 0 Å².